The molecule has 0 spiro atoms. The second kappa shape index (κ2) is 5.73. The van der Waals surface area contributed by atoms with E-state index >= 15 is 0 Å². The lowest BCUT2D eigenvalue weighted by molar-refractivity contribution is 0.0334. The molecule has 0 aliphatic heterocycles. The number of nitrogens with zero attached hydrogens (tertiary/aromatic N) is 4. The van der Waals surface area contributed by atoms with E-state index in [1.165, 1.54) is 11.9 Å². The zero-order valence-corrected chi connectivity index (χ0v) is 12.5. The summed E-state index contributed by atoms with van der Waals surface area (Å²) >= 11 is 0. The molecule has 0 aliphatic carbocycles. The monoisotopic (exact) mass is 274 g/mol. The van der Waals surface area contributed by atoms with E-state index in [1.807, 2.05) is 33.0 Å². The molecule has 0 aliphatic rings. The van der Waals surface area contributed by atoms with Crippen LogP contribution in [0.25, 0.3) is 5.69 Å². The predicted molar refractivity (Wildman–Crippen MR) is 78.7 cm³/mol. The average Bonchev–Trinajstić information content (AvgIpc) is 2.90. The quantitative estimate of drug-likeness (QED) is 0.906. The van der Waals surface area contributed by atoms with Crippen LogP contribution >= 0.6 is 0 Å². The van der Waals surface area contributed by atoms with Crippen LogP contribution < -0.4 is 0 Å². The third kappa shape index (κ3) is 3.65. The highest BCUT2D eigenvalue weighted by Crippen LogP contribution is 2.21. The minimum absolute atomic E-state index is 0.242. The molecule has 1 aromatic heterocycles. The number of hydrogen-bond donors (Lipinski definition) is 1. The van der Waals surface area contributed by atoms with Crippen molar-refractivity contribution in [2.24, 2.45) is 0 Å². The first kappa shape index (κ1) is 14.7. The molecule has 1 aromatic carbocycles. The van der Waals surface area contributed by atoms with Gasteiger partial charge in [0.05, 0.1) is 11.3 Å². The van der Waals surface area contributed by atoms with Gasteiger partial charge in [-0.25, -0.2) is 9.67 Å². The Bertz CT molecular complexity index is 528. The van der Waals surface area contributed by atoms with Crippen molar-refractivity contribution in [1.82, 2.24) is 19.7 Å². The molecule has 2 aromatic rings. The van der Waals surface area contributed by atoms with Gasteiger partial charge in [-0.2, -0.15) is 5.10 Å². The van der Waals surface area contributed by atoms with Crippen LogP contribution in [0, 0.1) is 0 Å². The molecule has 1 atom stereocenters. The normalized spacial score (nSPS) is 13.7. The van der Waals surface area contributed by atoms with Crippen molar-refractivity contribution in [1.29, 1.82) is 0 Å². The number of aliphatic hydroxyl groups is 1. The molecule has 108 valence electrons. The summed E-state index contributed by atoms with van der Waals surface area (Å²) in [6.45, 7) is 6.41. The summed E-state index contributed by atoms with van der Waals surface area (Å²) in [6, 6.07) is 8.47. The highest BCUT2D eigenvalue weighted by atomic mass is 16.3. The lowest BCUT2D eigenvalue weighted by Gasteiger charge is -2.30. The topological polar surface area (TPSA) is 54.2 Å². The number of likely N-dealkylation sites (N-methyl/N-ethyl adjacent to an activating group) is 1. The van der Waals surface area contributed by atoms with Crippen LogP contribution in [0.15, 0.2) is 36.9 Å². The Kier molecular flexibility index (Phi) is 4.20. The Labute approximate surface area is 119 Å². The van der Waals surface area contributed by atoms with E-state index in [0.717, 1.165) is 5.69 Å². The van der Waals surface area contributed by atoms with E-state index in [4.69, 9.17) is 0 Å². The zero-order chi connectivity index (χ0) is 14.8. The summed E-state index contributed by atoms with van der Waals surface area (Å²) in [5.41, 5.74) is 1.51. The highest BCUT2D eigenvalue weighted by molar-refractivity contribution is 5.34. The minimum atomic E-state index is -0.691. The van der Waals surface area contributed by atoms with Crippen molar-refractivity contribution in [3.8, 4) is 5.69 Å². The van der Waals surface area contributed by atoms with Crippen molar-refractivity contribution in [3.05, 3.63) is 42.5 Å². The number of benzene rings is 1. The largest absolute Gasteiger partial charge is 0.389 e. The lowest BCUT2D eigenvalue weighted by Crippen LogP contribution is -2.37. The van der Waals surface area contributed by atoms with Crippen molar-refractivity contribution in [2.75, 3.05) is 13.6 Å². The van der Waals surface area contributed by atoms with Gasteiger partial charge in [0, 0.05) is 12.6 Å². The van der Waals surface area contributed by atoms with Gasteiger partial charge in [0.15, 0.2) is 0 Å². The molecule has 1 heterocycles. The first-order valence-electron chi connectivity index (χ1n) is 6.74. The van der Waals surface area contributed by atoms with E-state index in [1.54, 1.807) is 11.0 Å². The molecule has 0 bridgehead atoms. The maximum atomic E-state index is 9.89. The molecule has 1 unspecified atom stereocenters. The summed E-state index contributed by atoms with van der Waals surface area (Å²) < 4.78 is 1.73. The number of hydrogen-bond acceptors (Lipinski definition) is 4. The first-order valence-corrected chi connectivity index (χ1v) is 6.74. The Morgan fingerprint density at radius 1 is 1.30 bits per heavy atom. The maximum absolute atomic E-state index is 9.89. The standard InChI is InChI=1S/C15H22N4O/c1-12(18(4)9-15(2,3)20)13-5-7-14(8-6-13)19-11-16-10-17-19/h5-8,10-12,20H,9H2,1-4H3. The highest BCUT2D eigenvalue weighted by Gasteiger charge is 2.20. The van der Waals surface area contributed by atoms with Gasteiger partial charge < -0.3 is 5.11 Å². The Hall–Kier alpha value is -1.72. The summed E-state index contributed by atoms with van der Waals surface area (Å²) in [7, 11) is 2.02. The van der Waals surface area contributed by atoms with Crippen molar-refractivity contribution in [2.45, 2.75) is 32.4 Å². The van der Waals surface area contributed by atoms with Gasteiger partial charge in [0.25, 0.3) is 0 Å². The van der Waals surface area contributed by atoms with Gasteiger partial charge in [0.2, 0.25) is 0 Å². The van der Waals surface area contributed by atoms with Crippen LogP contribution in [0.4, 0.5) is 0 Å². The Balaban J connectivity index is 2.09. The second-order valence-electron chi connectivity index (χ2n) is 5.84. The van der Waals surface area contributed by atoms with Gasteiger partial charge in [-0.1, -0.05) is 12.1 Å². The van der Waals surface area contributed by atoms with Crippen LogP contribution in [0.3, 0.4) is 0 Å². The van der Waals surface area contributed by atoms with Gasteiger partial charge in [-0.15, -0.1) is 0 Å². The third-order valence-corrected chi connectivity index (χ3v) is 3.36. The average molecular weight is 274 g/mol. The molecule has 5 heteroatoms. The molecule has 0 fully saturated rings. The van der Waals surface area contributed by atoms with E-state index in [9.17, 15) is 5.11 Å². The molecule has 0 saturated heterocycles. The van der Waals surface area contributed by atoms with E-state index in [2.05, 4.69) is 34.0 Å². The summed E-state index contributed by atoms with van der Waals surface area (Å²) in [5.74, 6) is 0. The predicted octanol–water partition coefficient (Wildman–Crippen LogP) is 2.03. The fraction of sp³-hybridized carbons (Fsp3) is 0.467. The molecule has 20 heavy (non-hydrogen) atoms. The summed E-state index contributed by atoms with van der Waals surface area (Å²) in [4.78, 5) is 6.08. The molecule has 0 radical (unpaired) electrons. The molecule has 0 saturated carbocycles. The maximum Gasteiger partial charge on any atom is 0.138 e. The van der Waals surface area contributed by atoms with Crippen LogP contribution in [-0.2, 0) is 0 Å². The fourth-order valence-corrected chi connectivity index (χ4v) is 2.25. The van der Waals surface area contributed by atoms with Crippen molar-refractivity contribution >= 4 is 0 Å². The van der Waals surface area contributed by atoms with E-state index in [-0.39, 0.29) is 6.04 Å². The molecular weight excluding hydrogens is 252 g/mol. The SMILES string of the molecule is CC(c1ccc(-n2cncn2)cc1)N(C)CC(C)(C)O. The summed E-state index contributed by atoms with van der Waals surface area (Å²) in [6.07, 6.45) is 3.20. The molecule has 0 amide bonds. The third-order valence-electron chi connectivity index (χ3n) is 3.36. The molecule has 2 rings (SSSR count). The van der Waals surface area contributed by atoms with Gasteiger partial charge >= 0.3 is 0 Å². The Morgan fingerprint density at radius 3 is 2.45 bits per heavy atom. The van der Waals surface area contributed by atoms with E-state index in [0.29, 0.717) is 6.54 Å². The molecule has 5 nitrogen and oxygen atoms in total. The van der Waals surface area contributed by atoms with Crippen molar-refractivity contribution < 1.29 is 5.11 Å². The van der Waals surface area contributed by atoms with Crippen LogP contribution in [0.2, 0.25) is 0 Å². The minimum Gasteiger partial charge on any atom is -0.389 e. The van der Waals surface area contributed by atoms with Gasteiger partial charge in [0.1, 0.15) is 12.7 Å². The molecule has 1 N–H and O–H groups in total. The first-order chi connectivity index (χ1) is 9.37. The van der Waals surface area contributed by atoms with Gasteiger partial charge in [-0.3, -0.25) is 4.90 Å². The second-order valence-corrected chi connectivity index (χ2v) is 5.84. The Morgan fingerprint density at radius 2 is 1.95 bits per heavy atom. The number of aromatic nitrogens is 3. The van der Waals surface area contributed by atoms with Crippen LogP contribution in [-0.4, -0.2) is 44.0 Å². The van der Waals surface area contributed by atoms with Gasteiger partial charge in [-0.05, 0) is 45.5 Å². The summed E-state index contributed by atoms with van der Waals surface area (Å²) in [5, 5.41) is 14.0. The number of rotatable bonds is 5. The zero-order valence-electron chi connectivity index (χ0n) is 12.5. The van der Waals surface area contributed by atoms with E-state index < -0.39 is 5.60 Å². The molecular formula is C15H22N4O. The van der Waals surface area contributed by atoms with Crippen LogP contribution in [0.1, 0.15) is 32.4 Å². The van der Waals surface area contributed by atoms with Crippen molar-refractivity contribution in [3.63, 3.8) is 0 Å². The smallest absolute Gasteiger partial charge is 0.138 e. The lowest BCUT2D eigenvalue weighted by atomic mass is 10.0. The van der Waals surface area contributed by atoms with Crippen LogP contribution in [0.5, 0.6) is 0 Å². The fourth-order valence-electron chi connectivity index (χ4n) is 2.25.